The highest BCUT2D eigenvalue weighted by molar-refractivity contribution is 5.93. The first-order valence-electron chi connectivity index (χ1n) is 10.9. The Kier molecular flexibility index (Phi) is 3.73. The number of hydrogen-bond donors (Lipinski definition) is 0. The van der Waals surface area contributed by atoms with E-state index in [2.05, 4.69) is 103 Å². The number of rotatable bonds is 1. The van der Waals surface area contributed by atoms with Gasteiger partial charge in [0.05, 0.1) is 11.4 Å². The second-order valence-corrected chi connectivity index (χ2v) is 8.72. The van der Waals surface area contributed by atoms with E-state index in [4.69, 9.17) is 0 Å². The third-order valence-corrected chi connectivity index (χ3v) is 7.09. The van der Waals surface area contributed by atoms with E-state index in [1.807, 2.05) is 0 Å². The number of anilines is 3. The zero-order valence-corrected chi connectivity index (χ0v) is 17.8. The summed E-state index contributed by atoms with van der Waals surface area (Å²) in [4.78, 5) is 4.94. The molecule has 4 aromatic rings. The van der Waals surface area contributed by atoms with Gasteiger partial charge in [-0.1, -0.05) is 54.6 Å². The van der Waals surface area contributed by atoms with Crippen molar-refractivity contribution in [2.75, 3.05) is 16.8 Å². The molecule has 1 atom stereocenters. The van der Waals surface area contributed by atoms with Crippen LogP contribution in [0.25, 0.3) is 21.9 Å². The molecular weight excluding hydrogens is 364 g/mol. The fourth-order valence-electron chi connectivity index (χ4n) is 5.45. The van der Waals surface area contributed by atoms with E-state index in [-0.39, 0.29) is 0 Å². The fraction of sp³-hybridized carbons (Fsp3) is 0.214. The van der Waals surface area contributed by atoms with Crippen molar-refractivity contribution in [2.45, 2.75) is 32.9 Å². The van der Waals surface area contributed by atoms with Gasteiger partial charge in [-0.15, -0.1) is 0 Å². The van der Waals surface area contributed by atoms with Crippen LogP contribution in [-0.2, 0) is 12.8 Å². The molecule has 30 heavy (non-hydrogen) atoms. The summed E-state index contributed by atoms with van der Waals surface area (Å²) in [7, 11) is 2.20. The molecule has 1 aliphatic heterocycles. The first-order valence-corrected chi connectivity index (χ1v) is 10.9. The Balaban J connectivity index is 1.59. The molecule has 0 radical (unpaired) electrons. The predicted octanol–water partition coefficient (Wildman–Crippen LogP) is 6.85. The van der Waals surface area contributed by atoms with Crippen molar-refractivity contribution >= 4 is 27.8 Å². The van der Waals surface area contributed by atoms with Gasteiger partial charge in [0, 0.05) is 12.7 Å². The van der Waals surface area contributed by atoms with Gasteiger partial charge in [0.1, 0.15) is 6.17 Å². The minimum absolute atomic E-state index is 0.297. The van der Waals surface area contributed by atoms with Crippen LogP contribution in [0.5, 0.6) is 0 Å². The van der Waals surface area contributed by atoms with Crippen molar-refractivity contribution in [1.29, 1.82) is 0 Å². The predicted molar refractivity (Wildman–Crippen MR) is 128 cm³/mol. The number of hydrogen-bond acceptors (Lipinski definition) is 2. The molecule has 0 amide bonds. The van der Waals surface area contributed by atoms with Crippen LogP contribution in [0.3, 0.4) is 0 Å². The van der Waals surface area contributed by atoms with Crippen LogP contribution in [0.15, 0.2) is 72.8 Å². The van der Waals surface area contributed by atoms with E-state index in [0.717, 1.165) is 12.8 Å². The van der Waals surface area contributed by atoms with E-state index >= 15 is 0 Å². The number of nitrogens with zero attached hydrogens (tertiary/aromatic N) is 2. The summed E-state index contributed by atoms with van der Waals surface area (Å²) in [5, 5.41) is 2.67. The van der Waals surface area contributed by atoms with E-state index in [9.17, 15) is 0 Å². The lowest BCUT2D eigenvalue weighted by atomic mass is 9.82. The molecule has 0 fully saturated rings. The molecule has 0 bridgehead atoms. The molecule has 0 saturated carbocycles. The molecule has 1 heterocycles. The van der Waals surface area contributed by atoms with E-state index in [1.165, 1.54) is 55.7 Å². The van der Waals surface area contributed by atoms with Gasteiger partial charge < -0.3 is 9.80 Å². The zero-order valence-electron chi connectivity index (χ0n) is 17.8. The van der Waals surface area contributed by atoms with Crippen LogP contribution in [0.2, 0.25) is 0 Å². The van der Waals surface area contributed by atoms with Gasteiger partial charge in [-0.3, -0.25) is 0 Å². The SMILES string of the molecule is Cc1ccc2c(c1N1c3ccccc3N(C)[C@@H]1C)CCc1cc3ccccc3cc1-2. The van der Waals surface area contributed by atoms with E-state index in [1.54, 1.807) is 0 Å². The number of fused-ring (bicyclic) bond motifs is 5. The minimum Gasteiger partial charge on any atom is -0.353 e. The molecule has 4 aromatic carbocycles. The maximum Gasteiger partial charge on any atom is 0.103 e. The summed E-state index contributed by atoms with van der Waals surface area (Å²) in [5.41, 5.74) is 11.2. The molecule has 0 saturated heterocycles. The summed E-state index contributed by atoms with van der Waals surface area (Å²) in [5.74, 6) is 0. The minimum atomic E-state index is 0.297. The van der Waals surface area contributed by atoms with Crippen molar-refractivity contribution in [3.8, 4) is 11.1 Å². The van der Waals surface area contributed by atoms with Gasteiger partial charge in [0.25, 0.3) is 0 Å². The molecule has 6 rings (SSSR count). The normalized spacial score (nSPS) is 17.1. The van der Waals surface area contributed by atoms with Crippen molar-refractivity contribution in [1.82, 2.24) is 0 Å². The Morgan fingerprint density at radius 1 is 0.767 bits per heavy atom. The molecule has 148 valence electrons. The van der Waals surface area contributed by atoms with Gasteiger partial charge in [-0.05, 0) is 83.5 Å². The fourth-order valence-corrected chi connectivity index (χ4v) is 5.45. The molecule has 2 nitrogen and oxygen atoms in total. The Morgan fingerprint density at radius 2 is 1.47 bits per heavy atom. The van der Waals surface area contributed by atoms with Crippen LogP contribution in [-0.4, -0.2) is 13.2 Å². The molecule has 2 heteroatoms. The first-order chi connectivity index (χ1) is 14.6. The average Bonchev–Trinajstić information content (AvgIpc) is 3.02. The second-order valence-electron chi connectivity index (χ2n) is 8.72. The first kappa shape index (κ1) is 17.6. The Labute approximate surface area is 178 Å². The lowest BCUT2D eigenvalue weighted by Crippen LogP contribution is -2.36. The lowest BCUT2D eigenvalue weighted by molar-refractivity contribution is 0.728. The molecule has 0 unspecified atom stereocenters. The number of para-hydroxylation sites is 2. The molecule has 2 aliphatic rings. The average molecular weight is 391 g/mol. The van der Waals surface area contributed by atoms with E-state index in [0.29, 0.717) is 6.17 Å². The summed E-state index contributed by atoms with van der Waals surface area (Å²) in [6.07, 6.45) is 2.49. The molecule has 0 spiro atoms. The summed E-state index contributed by atoms with van der Waals surface area (Å²) >= 11 is 0. The third kappa shape index (κ3) is 2.37. The van der Waals surface area contributed by atoms with Crippen molar-refractivity contribution in [2.24, 2.45) is 0 Å². The van der Waals surface area contributed by atoms with Gasteiger partial charge >= 0.3 is 0 Å². The summed E-state index contributed by atoms with van der Waals surface area (Å²) < 4.78 is 0. The van der Waals surface area contributed by atoms with E-state index < -0.39 is 0 Å². The molecule has 0 N–H and O–H groups in total. The maximum atomic E-state index is 2.55. The van der Waals surface area contributed by atoms with Crippen molar-refractivity contribution < 1.29 is 0 Å². The van der Waals surface area contributed by atoms with Crippen LogP contribution in [0.4, 0.5) is 17.1 Å². The smallest absolute Gasteiger partial charge is 0.103 e. The largest absolute Gasteiger partial charge is 0.353 e. The van der Waals surface area contributed by atoms with Crippen molar-refractivity contribution in [3.05, 3.63) is 89.5 Å². The Bertz CT molecular complexity index is 1300. The van der Waals surface area contributed by atoms with Crippen molar-refractivity contribution in [3.63, 3.8) is 0 Å². The molecule has 1 aliphatic carbocycles. The quantitative estimate of drug-likeness (QED) is 0.351. The van der Waals surface area contributed by atoms with Gasteiger partial charge in [-0.25, -0.2) is 0 Å². The highest BCUT2D eigenvalue weighted by atomic mass is 15.4. The second kappa shape index (κ2) is 6.37. The maximum absolute atomic E-state index is 2.55. The van der Waals surface area contributed by atoms with Crippen LogP contribution >= 0.6 is 0 Å². The highest BCUT2D eigenvalue weighted by Gasteiger charge is 2.34. The number of benzene rings is 4. The zero-order chi connectivity index (χ0) is 20.4. The number of aryl methyl sites for hydroxylation is 2. The monoisotopic (exact) mass is 390 g/mol. The highest BCUT2D eigenvalue weighted by Crippen LogP contribution is 2.49. The van der Waals surface area contributed by atoms with Crippen LogP contribution < -0.4 is 9.80 Å². The standard InChI is InChI=1S/C28H26N2/c1-18-12-14-23-24(15-13-22-16-20-8-4-5-9-21(20)17-25(22)23)28(18)30-19(2)29(3)26-10-6-7-11-27(26)30/h4-12,14,16-17,19H,13,15H2,1-3H3/t19-/m0/s1. The van der Waals surface area contributed by atoms with Gasteiger partial charge in [0.15, 0.2) is 0 Å². The van der Waals surface area contributed by atoms with Crippen LogP contribution in [0, 0.1) is 6.92 Å². The Hall–Kier alpha value is -3.26. The third-order valence-electron chi connectivity index (χ3n) is 7.09. The molecular formula is C28H26N2. The van der Waals surface area contributed by atoms with Gasteiger partial charge in [0.2, 0.25) is 0 Å². The van der Waals surface area contributed by atoms with Crippen LogP contribution in [0.1, 0.15) is 23.6 Å². The Morgan fingerprint density at radius 3 is 2.27 bits per heavy atom. The summed E-state index contributed by atoms with van der Waals surface area (Å²) in [6.45, 7) is 4.57. The van der Waals surface area contributed by atoms with Gasteiger partial charge in [-0.2, -0.15) is 0 Å². The lowest BCUT2D eigenvalue weighted by Gasteiger charge is -2.33. The molecule has 0 aromatic heterocycles. The topological polar surface area (TPSA) is 6.48 Å². The summed E-state index contributed by atoms with van der Waals surface area (Å²) in [6, 6.07) is 27.0.